The fourth-order valence-corrected chi connectivity index (χ4v) is 4.17. The van der Waals surface area contributed by atoms with Crippen molar-refractivity contribution in [1.29, 1.82) is 0 Å². The van der Waals surface area contributed by atoms with E-state index in [4.69, 9.17) is 4.74 Å². The molecule has 4 nitrogen and oxygen atoms in total. The quantitative estimate of drug-likeness (QED) is 0.859. The predicted molar refractivity (Wildman–Crippen MR) is 95.5 cm³/mol. The molecule has 25 heavy (non-hydrogen) atoms. The van der Waals surface area contributed by atoms with Crippen LogP contribution in [0.2, 0.25) is 0 Å². The van der Waals surface area contributed by atoms with Crippen molar-refractivity contribution in [3.63, 3.8) is 0 Å². The lowest BCUT2D eigenvalue weighted by Gasteiger charge is -2.44. The van der Waals surface area contributed by atoms with Crippen LogP contribution in [0.5, 0.6) is 0 Å². The Kier molecular flexibility index (Phi) is 5.74. The van der Waals surface area contributed by atoms with Gasteiger partial charge in [0.1, 0.15) is 5.82 Å². The highest BCUT2D eigenvalue weighted by atomic mass is 19.1. The molecule has 2 atom stereocenters. The summed E-state index contributed by atoms with van der Waals surface area (Å²) in [6.45, 7) is 8.02. The van der Waals surface area contributed by atoms with Crippen LogP contribution in [0.3, 0.4) is 0 Å². The molecule has 2 aliphatic rings. The molecule has 0 aromatic heterocycles. The van der Waals surface area contributed by atoms with Crippen molar-refractivity contribution in [3.8, 4) is 0 Å². The largest absolute Gasteiger partial charge is 0.378 e. The summed E-state index contributed by atoms with van der Waals surface area (Å²) in [4.78, 5) is 14.2. The average molecular weight is 348 g/mol. The maximum atomic E-state index is 13.4. The number of hydrogen-bond donors (Lipinski definition) is 1. The molecule has 1 aromatic carbocycles. The highest BCUT2D eigenvalue weighted by Crippen LogP contribution is 2.43. The van der Waals surface area contributed by atoms with E-state index < -0.39 is 0 Å². The van der Waals surface area contributed by atoms with Gasteiger partial charge in [0.15, 0.2) is 0 Å². The Labute approximate surface area is 149 Å². The van der Waals surface area contributed by atoms with Gasteiger partial charge < -0.3 is 10.1 Å². The molecule has 2 aliphatic heterocycles. The van der Waals surface area contributed by atoms with Crippen molar-refractivity contribution in [2.24, 2.45) is 11.3 Å². The molecule has 1 aromatic rings. The van der Waals surface area contributed by atoms with Gasteiger partial charge in [-0.05, 0) is 37.0 Å². The third-order valence-electron chi connectivity index (χ3n) is 5.59. The summed E-state index contributed by atoms with van der Waals surface area (Å²) in [6, 6.07) is 6.86. The molecule has 0 unspecified atom stereocenters. The van der Waals surface area contributed by atoms with E-state index >= 15 is 0 Å². The molecule has 2 heterocycles. The topological polar surface area (TPSA) is 41.6 Å². The zero-order chi connectivity index (χ0) is 17.9. The number of rotatable bonds is 6. The van der Waals surface area contributed by atoms with Gasteiger partial charge in [-0.15, -0.1) is 0 Å². The fourth-order valence-electron chi connectivity index (χ4n) is 4.17. The minimum atomic E-state index is -0.178. The number of amides is 1. The van der Waals surface area contributed by atoms with Crippen LogP contribution in [0, 0.1) is 17.2 Å². The summed E-state index contributed by atoms with van der Waals surface area (Å²) in [5, 5.41) is 3.05. The van der Waals surface area contributed by atoms with Crippen LogP contribution < -0.4 is 5.32 Å². The Morgan fingerprint density at radius 2 is 2.32 bits per heavy atom. The molecular formula is C20H29FN2O2. The van der Waals surface area contributed by atoms with Gasteiger partial charge >= 0.3 is 0 Å². The number of carbonyl (C=O) groups excluding carboxylic acids is 1. The van der Waals surface area contributed by atoms with Gasteiger partial charge in [0, 0.05) is 44.1 Å². The second-order valence-electron chi connectivity index (χ2n) is 7.80. The highest BCUT2D eigenvalue weighted by molar-refractivity contribution is 5.77. The molecule has 2 fully saturated rings. The Morgan fingerprint density at radius 3 is 3.08 bits per heavy atom. The van der Waals surface area contributed by atoms with Crippen LogP contribution >= 0.6 is 0 Å². The highest BCUT2D eigenvalue weighted by Gasteiger charge is 2.47. The standard InChI is InChI=1S/C20H29FN2O2/c1-15(2)19(24)22-9-7-20-8-11-25-18(20)6-10-23(14-20)13-16-4-3-5-17(21)12-16/h3-5,12,15,18H,6-11,13-14H2,1-2H3,(H,22,24)/t18-,20+/m0/s1. The number of nitrogens with one attached hydrogen (secondary N) is 1. The zero-order valence-corrected chi connectivity index (χ0v) is 15.3. The zero-order valence-electron chi connectivity index (χ0n) is 15.3. The fraction of sp³-hybridized carbons (Fsp3) is 0.650. The van der Waals surface area contributed by atoms with E-state index in [1.54, 1.807) is 12.1 Å². The molecule has 0 radical (unpaired) electrons. The first-order valence-corrected chi connectivity index (χ1v) is 9.35. The third kappa shape index (κ3) is 4.39. The second kappa shape index (κ2) is 7.83. The van der Waals surface area contributed by atoms with Gasteiger partial charge in [-0.1, -0.05) is 26.0 Å². The van der Waals surface area contributed by atoms with Crippen molar-refractivity contribution >= 4 is 5.91 Å². The van der Waals surface area contributed by atoms with E-state index in [2.05, 4.69) is 10.2 Å². The molecule has 0 bridgehead atoms. The molecule has 0 saturated carbocycles. The molecule has 0 aliphatic carbocycles. The van der Waals surface area contributed by atoms with Crippen LogP contribution in [0.25, 0.3) is 0 Å². The molecule has 138 valence electrons. The van der Waals surface area contributed by atoms with Crippen molar-refractivity contribution in [2.45, 2.75) is 45.8 Å². The van der Waals surface area contributed by atoms with Gasteiger partial charge in [-0.2, -0.15) is 0 Å². The monoisotopic (exact) mass is 348 g/mol. The van der Waals surface area contributed by atoms with Crippen molar-refractivity contribution in [2.75, 3.05) is 26.2 Å². The first kappa shape index (κ1) is 18.3. The van der Waals surface area contributed by atoms with Gasteiger partial charge in [-0.3, -0.25) is 9.69 Å². The van der Waals surface area contributed by atoms with Crippen LogP contribution in [-0.4, -0.2) is 43.2 Å². The van der Waals surface area contributed by atoms with E-state index in [0.717, 1.165) is 51.1 Å². The lowest BCUT2D eigenvalue weighted by molar-refractivity contribution is -0.124. The first-order valence-electron chi connectivity index (χ1n) is 9.35. The normalized spacial score (nSPS) is 26.6. The molecule has 3 rings (SSSR count). The lowest BCUT2D eigenvalue weighted by Crippen LogP contribution is -2.50. The number of ether oxygens (including phenoxy) is 1. The lowest BCUT2D eigenvalue weighted by atomic mass is 9.74. The van der Waals surface area contributed by atoms with E-state index in [-0.39, 0.29) is 29.2 Å². The Hall–Kier alpha value is -1.46. The van der Waals surface area contributed by atoms with Gasteiger partial charge in [0.2, 0.25) is 5.91 Å². The number of benzene rings is 1. The predicted octanol–water partition coefficient (Wildman–Crippen LogP) is 2.97. The number of fused-ring (bicyclic) bond motifs is 1. The van der Waals surface area contributed by atoms with Crippen molar-refractivity contribution in [1.82, 2.24) is 10.2 Å². The van der Waals surface area contributed by atoms with Gasteiger partial charge in [-0.25, -0.2) is 4.39 Å². The first-order chi connectivity index (χ1) is 12.0. The number of hydrogen-bond acceptors (Lipinski definition) is 3. The smallest absolute Gasteiger partial charge is 0.222 e. The number of likely N-dealkylation sites (tertiary alicyclic amines) is 1. The maximum absolute atomic E-state index is 13.4. The Balaban J connectivity index is 1.61. The van der Waals surface area contributed by atoms with E-state index in [1.807, 2.05) is 19.9 Å². The summed E-state index contributed by atoms with van der Waals surface area (Å²) in [7, 11) is 0. The van der Waals surface area contributed by atoms with Crippen LogP contribution in [0.4, 0.5) is 4.39 Å². The Morgan fingerprint density at radius 1 is 1.48 bits per heavy atom. The minimum Gasteiger partial charge on any atom is -0.378 e. The molecule has 1 amide bonds. The summed E-state index contributed by atoms with van der Waals surface area (Å²) in [5.41, 5.74) is 1.12. The summed E-state index contributed by atoms with van der Waals surface area (Å²) >= 11 is 0. The average Bonchev–Trinajstić information content (AvgIpc) is 2.97. The van der Waals surface area contributed by atoms with E-state index in [1.165, 1.54) is 6.07 Å². The third-order valence-corrected chi connectivity index (χ3v) is 5.59. The second-order valence-corrected chi connectivity index (χ2v) is 7.80. The van der Waals surface area contributed by atoms with Crippen LogP contribution in [0.15, 0.2) is 24.3 Å². The van der Waals surface area contributed by atoms with Gasteiger partial charge in [0.05, 0.1) is 6.10 Å². The van der Waals surface area contributed by atoms with Crippen LogP contribution in [-0.2, 0) is 16.1 Å². The molecule has 5 heteroatoms. The Bertz CT molecular complexity index is 607. The number of carbonyl (C=O) groups is 1. The number of piperidine rings is 1. The van der Waals surface area contributed by atoms with E-state index in [0.29, 0.717) is 6.54 Å². The van der Waals surface area contributed by atoms with Crippen molar-refractivity contribution < 1.29 is 13.9 Å². The minimum absolute atomic E-state index is 0.0176. The maximum Gasteiger partial charge on any atom is 0.222 e. The summed E-state index contributed by atoms with van der Waals surface area (Å²) in [6.07, 6.45) is 3.27. The van der Waals surface area contributed by atoms with Crippen molar-refractivity contribution in [3.05, 3.63) is 35.6 Å². The number of halogens is 1. The van der Waals surface area contributed by atoms with E-state index in [9.17, 15) is 9.18 Å². The van der Waals surface area contributed by atoms with Crippen LogP contribution in [0.1, 0.15) is 38.7 Å². The van der Waals surface area contributed by atoms with Gasteiger partial charge in [0.25, 0.3) is 0 Å². The summed E-state index contributed by atoms with van der Waals surface area (Å²) < 4.78 is 19.4. The molecule has 2 saturated heterocycles. The summed E-state index contributed by atoms with van der Waals surface area (Å²) in [5.74, 6) is -0.0501. The SMILES string of the molecule is CC(C)C(=O)NCC[C@]12CCO[C@H]1CCN(Cc1cccc(F)c1)C2. The molecular weight excluding hydrogens is 319 g/mol. The molecule has 1 N–H and O–H groups in total. The number of nitrogens with zero attached hydrogens (tertiary/aromatic N) is 1. The molecule has 0 spiro atoms.